The first kappa shape index (κ1) is 19.4. The van der Waals surface area contributed by atoms with Gasteiger partial charge in [-0.15, -0.1) is 0 Å². The second-order valence-electron chi connectivity index (χ2n) is 6.44. The Labute approximate surface area is 162 Å². The van der Waals surface area contributed by atoms with Gasteiger partial charge < -0.3 is 0 Å². The number of sulfonamides is 1. The van der Waals surface area contributed by atoms with Crippen LogP contribution in [0.15, 0.2) is 59.6 Å². The molecule has 5 nitrogen and oxygen atoms in total. The van der Waals surface area contributed by atoms with E-state index >= 15 is 0 Å². The summed E-state index contributed by atoms with van der Waals surface area (Å²) in [5, 5.41) is 4.26. The summed E-state index contributed by atoms with van der Waals surface area (Å²) in [6.07, 6.45) is 1.45. The average molecular weight is 408 g/mol. The van der Waals surface area contributed by atoms with Gasteiger partial charge in [0.1, 0.15) is 10.8 Å². The minimum absolute atomic E-state index is 0.000872. The van der Waals surface area contributed by atoms with E-state index in [0.29, 0.717) is 11.5 Å². The van der Waals surface area contributed by atoms with E-state index in [1.54, 1.807) is 42.5 Å². The summed E-state index contributed by atoms with van der Waals surface area (Å²) in [7, 11) is -3.83. The molecule has 1 N–H and O–H groups in total. The van der Waals surface area contributed by atoms with Crippen LogP contribution in [0.3, 0.4) is 0 Å². The molecule has 0 aliphatic heterocycles. The standard InChI is InChI=1S/C19H19ClFN3O2S/c1-13(2)14-7-9-16(10-8-14)27(25,26)23-19-17(20)12-24(22-19)11-15-5-3-4-6-18(15)21/h3-10,12-13H,11H2,1-2H3,(H,22,23). The molecule has 0 radical (unpaired) electrons. The molecule has 0 aliphatic carbocycles. The van der Waals surface area contributed by atoms with Gasteiger partial charge >= 0.3 is 0 Å². The van der Waals surface area contributed by atoms with Crippen molar-refractivity contribution in [2.45, 2.75) is 31.2 Å². The van der Waals surface area contributed by atoms with E-state index in [1.807, 2.05) is 13.8 Å². The number of halogens is 2. The van der Waals surface area contributed by atoms with Gasteiger partial charge in [-0.25, -0.2) is 12.8 Å². The number of hydrogen-bond donors (Lipinski definition) is 1. The fourth-order valence-electron chi connectivity index (χ4n) is 2.57. The van der Waals surface area contributed by atoms with Gasteiger partial charge in [-0.2, -0.15) is 5.10 Å². The van der Waals surface area contributed by atoms with Crippen molar-refractivity contribution in [3.05, 3.63) is 76.7 Å². The Kier molecular flexibility index (Phi) is 5.53. The van der Waals surface area contributed by atoms with Crippen molar-refractivity contribution in [3.63, 3.8) is 0 Å². The fourth-order valence-corrected chi connectivity index (χ4v) is 3.84. The second-order valence-corrected chi connectivity index (χ2v) is 8.53. The maximum absolute atomic E-state index is 13.8. The Morgan fingerprint density at radius 1 is 1.15 bits per heavy atom. The van der Waals surface area contributed by atoms with Crippen LogP contribution in [0.25, 0.3) is 0 Å². The van der Waals surface area contributed by atoms with Crippen LogP contribution in [0.5, 0.6) is 0 Å². The zero-order chi connectivity index (χ0) is 19.6. The van der Waals surface area contributed by atoms with Crippen LogP contribution in [0.2, 0.25) is 5.02 Å². The first-order chi connectivity index (χ1) is 12.8. The SMILES string of the molecule is CC(C)c1ccc(S(=O)(=O)Nc2nn(Cc3ccccc3F)cc2Cl)cc1. The number of benzene rings is 2. The van der Waals surface area contributed by atoms with Gasteiger partial charge in [-0.3, -0.25) is 9.40 Å². The minimum atomic E-state index is -3.83. The lowest BCUT2D eigenvalue weighted by molar-refractivity contribution is 0.585. The highest BCUT2D eigenvalue weighted by atomic mass is 35.5. The van der Waals surface area contributed by atoms with E-state index in [0.717, 1.165) is 5.56 Å². The third-order valence-electron chi connectivity index (χ3n) is 4.10. The number of rotatable bonds is 6. The summed E-state index contributed by atoms with van der Waals surface area (Å²) in [6.45, 7) is 4.20. The van der Waals surface area contributed by atoms with Gasteiger partial charge in [0.15, 0.2) is 5.82 Å². The minimum Gasteiger partial charge on any atom is -0.265 e. The molecule has 3 aromatic rings. The van der Waals surface area contributed by atoms with Gasteiger partial charge in [0.2, 0.25) is 0 Å². The molecule has 27 heavy (non-hydrogen) atoms. The van der Waals surface area contributed by atoms with Crippen LogP contribution in [0.4, 0.5) is 10.2 Å². The third-order valence-corrected chi connectivity index (χ3v) is 5.73. The van der Waals surface area contributed by atoms with Crippen molar-refractivity contribution in [3.8, 4) is 0 Å². The van der Waals surface area contributed by atoms with E-state index < -0.39 is 10.0 Å². The maximum Gasteiger partial charge on any atom is 0.263 e. The van der Waals surface area contributed by atoms with Crippen LogP contribution in [0, 0.1) is 5.82 Å². The lowest BCUT2D eigenvalue weighted by atomic mass is 10.0. The molecular formula is C19H19ClFN3O2S. The highest BCUT2D eigenvalue weighted by molar-refractivity contribution is 7.92. The quantitative estimate of drug-likeness (QED) is 0.647. The highest BCUT2D eigenvalue weighted by Crippen LogP contribution is 2.24. The largest absolute Gasteiger partial charge is 0.265 e. The molecule has 0 unspecified atom stereocenters. The molecule has 0 saturated heterocycles. The molecular weight excluding hydrogens is 389 g/mol. The molecule has 0 fully saturated rings. The maximum atomic E-state index is 13.8. The van der Waals surface area contributed by atoms with Crippen molar-refractivity contribution < 1.29 is 12.8 Å². The molecule has 0 aliphatic rings. The number of anilines is 1. The zero-order valence-electron chi connectivity index (χ0n) is 14.9. The van der Waals surface area contributed by atoms with Gasteiger partial charge in [-0.05, 0) is 29.7 Å². The topological polar surface area (TPSA) is 64.0 Å². The first-order valence-corrected chi connectivity index (χ1v) is 10.2. The van der Waals surface area contributed by atoms with Gasteiger partial charge in [0.05, 0.1) is 11.4 Å². The zero-order valence-corrected chi connectivity index (χ0v) is 16.4. The molecule has 0 saturated carbocycles. The van der Waals surface area contributed by atoms with Crippen molar-refractivity contribution >= 4 is 27.4 Å². The molecule has 2 aromatic carbocycles. The summed E-state index contributed by atoms with van der Waals surface area (Å²) < 4.78 is 42.7. The van der Waals surface area contributed by atoms with Crippen LogP contribution < -0.4 is 4.72 Å². The lowest BCUT2D eigenvalue weighted by Gasteiger charge is -2.09. The van der Waals surface area contributed by atoms with Gasteiger partial charge in [-0.1, -0.05) is 55.8 Å². The monoisotopic (exact) mass is 407 g/mol. The summed E-state index contributed by atoms with van der Waals surface area (Å²) in [5.74, 6) is -0.0596. The van der Waals surface area contributed by atoms with Gasteiger partial charge in [0, 0.05) is 11.8 Å². The Morgan fingerprint density at radius 3 is 2.44 bits per heavy atom. The second kappa shape index (κ2) is 7.70. The Bertz CT molecular complexity index is 1050. The van der Waals surface area contributed by atoms with E-state index in [4.69, 9.17) is 11.6 Å². The van der Waals surface area contributed by atoms with Crippen LogP contribution in [-0.2, 0) is 16.6 Å². The molecule has 0 amide bonds. The molecule has 0 bridgehead atoms. The Hall–Kier alpha value is -2.38. The van der Waals surface area contributed by atoms with Crippen LogP contribution in [-0.4, -0.2) is 18.2 Å². The van der Waals surface area contributed by atoms with Crippen LogP contribution in [0.1, 0.15) is 30.9 Å². The van der Waals surface area contributed by atoms with E-state index in [2.05, 4.69) is 9.82 Å². The number of nitrogens with one attached hydrogen (secondary N) is 1. The fraction of sp³-hybridized carbons (Fsp3) is 0.211. The number of aromatic nitrogens is 2. The number of hydrogen-bond acceptors (Lipinski definition) is 3. The average Bonchev–Trinajstić information content (AvgIpc) is 2.95. The van der Waals surface area contributed by atoms with Crippen LogP contribution >= 0.6 is 11.6 Å². The summed E-state index contributed by atoms with van der Waals surface area (Å²) in [4.78, 5) is 0.117. The summed E-state index contributed by atoms with van der Waals surface area (Å²) in [5.41, 5.74) is 1.47. The molecule has 8 heteroatoms. The highest BCUT2D eigenvalue weighted by Gasteiger charge is 2.19. The molecule has 0 atom stereocenters. The predicted octanol–water partition coefficient (Wildman–Crippen LogP) is 4.65. The molecule has 1 aromatic heterocycles. The molecule has 0 spiro atoms. The number of nitrogens with zero attached hydrogens (tertiary/aromatic N) is 2. The predicted molar refractivity (Wildman–Crippen MR) is 104 cm³/mol. The lowest BCUT2D eigenvalue weighted by Crippen LogP contribution is -2.14. The Balaban J connectivity index is 1.81. The Morgan fingerprint density at radius 2 is 1.81 bits per heavy atom. The van der Waals surface area contributed by atoms with Crippen molar-refractivity contribution in [1.29, 1.82) is 0 Å². The van der Waals surface area contributed by atoms with E-state index in [9.17, 15) is 12.8 Å². The summed E-state index contributed by atoms with van der Waals surface area (Å²) in [6, 6.07) is 12.9. The summed E-state index contributed by atoms with van der Waals surface area (Å²) >= 11 is 6.11. The van der Waals surface area contributed by atoms with E-state index in [1.165, 1.54) is 16.9 Å². The third kappa shape index (κ3) is 4.48. The van der Waals surface area contributed by atoms with Crippen molar-refractivity contribution in [2.24, 2.45) is 0 Å². The van der Waals surface area contributed by atoms with Crippen molar-refractivity contribution in [1.82, 2.24) is 9.78 Å². The molecule has 1 heterocycles. The van der Waals surface area contributed by atoms with E-state index in [-0.39, 0.29) is 28.1 Å². The van der Waals surface area contributed by atoms with Crippen molar-refractivity contribution in [2.75, 3.05) is 4.72 Å². The first-order valence-electron chi connectivity index (χ1n) is 8.35. The molecule has 142 valence electrons. The smallest absolute Gasteiger partial charge is 0.263 e. The molecule has 3 rings (SSSR count). The van der Waals surface area contributed by atoms with Gasteiger partial charge in [0.25, 0.3) is 10.0 Å². The normalized spacial score (nSPS) is 11.7.